The van der Waals surface area contributed by atoms with Gasteiger partial charge in [0.05, 0.1) is 10.6 Å². The van der Waals surface area contributed by atoms with Gasteiger partial charge in [0.2, 0.25) is 10.0 Å². The van der Waals surface area contributed by atoms with Crippen molar-refractivity contribution in [2.45, 2.75) is 24.8 Å². The monoisotopic (exact) mass is 361 g/mol. The molecule has 1 aromatic carbocycles. The molecule has 2 aromatic heterocycles. The van der Waals surface area contributed by atoms with Crippen molar-refractivity contribution in [3.05, 3.63) is 52.0 Å². The zero-order valence-corrected chi connectivity index (χ0v) is 14.6. The molecule has 124 valence electrons. The Labute approximate surface area is 143 Å². The van der Waals surface area contributed by atoms with Crippen molar-refractivity contribution in [3.8, 4) is 5.69 Å². The van der Waals surface area contributed by atoms with Crippen LogP contribution in [-0.4, -0.2) is 39.5 Å². The molecule has 0 radical (unpaired) electrons. The molecule has 0 saturated heterocycles. The normalized spacial score (nSPS) is 15.4. The Balaban J connectivity index is 1.67. The minimum Gasteiger partial charge on any atom is -0.207 e. The molecule has 3 aromatic rings. The quantitative estimate of drug-likeness (QED) is 0.710. The van der Waals surface area contributed by atoms with Gasteiger partial charge in [-0.3, -0.25) is 0 Å². The van der Waals surface area contributed by atoms with Gasteiger partial charge >= 0.3 is 0 Å². The Morgan fingerprint density at radius 3 is 2.88 bits per heavy atom. The Kier molecular flexibility index (Phi) is 3.70. The highest BCUT2D eigenvalue weighted by molar-refractivity contribution is 7.89. The van der Waals surface area contributed by atoms with Crippen LogP contribution in [-0.2, 0) is 23.0 Å². The van der Waals surface area contributed by atoms with Crippen LogP contribution in [0.5, 0.6) is 0 Å². The predicted molar refractivity (Wildman–Crippen MR) is 89.5 cm³/mol. The van der Waals surface area contributed by atoms with E-state index in [4.69, 9.17) is 0 Å². The minimum absolute atomic E-state index is 0.301. The smallest absolute Gasteiger partial charge is 0.207 e. The summed E-state index contributed by atoms with van der Waals surface area (Å²) in [4.78, 5) is 1.59. The number of thiophene rings is 1. The molecule has 4 rings (SSSR count). The van der Waals surface area contributed by atoms with Gasteiger partial charge in [-0.05, 0) is 64.5 Å². The third-order valence-corrected chi connectivity index (χ3v) is 7.04. The fraction of sp³-hybridized carbons (Fsp3) is 0.267. The van der Waals surface area contributed by atoms with E-state index in [1.165, 1.54) is 15.9 Å². The molecule has 0 amide bonds. The van der Waals surface area contributed by atoms with Crippen LogP contribution in [0.2, 0.25) is 0 Å². The number of benzene rings is 1. The van der Waals surface area contributed by atoms with Crippen molar-refractivity contribution in [1.82, 2.24) is 24.5 Å². The Hall–Kier alpha value is -2.10. The molecule has 0 aliphatic carbocycles. The Bertz CT molecular complexity index is 979. The molecule has 24 heavy (non-hydrogen) atoms. The maximum atomic E-state index is 13.0. The molecule has 0 spiro atoms. The number of nitrogens with zero attached hydrogens (tertiary/aromatic N) is 5. The summed E-state index contributed by atoms with van der Waals surface area (Å²) in [6.45, 7) is 2.81. The van der Waals surface area contributed by atoms with Crippen LogP contribution in [0, 0.1) is 6.92 Å². The molecule has 0 fully saturated rings. The standard InChI is InChI=1S/C15H15N5O2S2/c1-11-8-13(2-3-14(11)20-10-16-17-18-20)24(21,22)19-6-4-15-12(9-19)5-7-23-15/h2-3,5,7-8,10H,4,6,9H2,1H3. The number of aryl methyl sites for hydroxylation is 1. The van der Waals surface area contributed by atoms with E-state index < -0.39 is 10.0 Å². The fourth-order valence-corrected chi connectivity index (χ4v) is 5.29. The van der Waals surface area contributed by atoms with E-state index in [0.29, 0.717) is 18.0 Å². The Morgan fingerprint density at radius 1 is 1.25 bits per heavy atom. The minimum atomic E-state index is -3.51. The summed E-state index contributed by atoms with van der Waals surface area (Å²) in [5, 5.41) is 13.1. The molecule has 0 bridgehead atoms. The molecule has 1 aliphatic rings. The summed E-state index contributed by atoms with van der Waals surface area (Å²) in [5.74, 6) is 0. The molecule has 9 heteroatoms. The second kappa shape index (κ2) is 5.76. The number of tetrazole rings is 1. The maximum absolute atomic E-state index is 13.0. The van der Waals surface area contributed by atoms with E-state index in [1.54, 1.807) is 33.8 Å². The van der Waals surface area contributed by atoms with E-state index in [1.807, 2.05) is 18.4 Å². The van der Waals surface area contributed by atoms with Gasteiger partial charge in [0, 0.05) is 18.0 Å². The molecule has 7 nitrogen and oxygen atoms in total. The zero-order chi connectivity index (χ0) is 16.7. The average molecular weight is 361 g/mol. The highest BCUT2D eigenvalue weighted by Crippen LogP contribution is 2.29. The van der Waals surface area contributed by atoms with E-state index in [-0.39, 0.29) is 0 Å². The number of sulfonamides is 1. The van der Waals surface area contributed by atoms with Gasteiger partial charge in [-0.15, -0.1) is 16.4 Å². The zero-order valence-electron chi connectivity index (χ0n) is 13.0. The van der Waals surface area contributed by atoms with Gasteiger partial charge in [0.15, 0.2) is 0 Å². The highest BCUT2D eigenvalue weighted by Gasteiger charge is 2.29. The first-order valence-corrected chi connectivity index (χ1v) is 9.77. The van der Waals surface area contributed by atoms with Crippen LogP contribution in [0.15, 0.2) is 40.9 Å². The van der Waals surface area contributed by atoms with Crippen LogP contribution < -0.4 is 0 Å². The number of hydrogen-bond acceptors (Lipinski definition) is 6. The Morgan fingerprint density at radius 2 is 2.12 bits per heavy atom. The van der Waals surface area contributed by atoms with Crippen molar-refractivity contribution in [2.75, 3.05) is 6.54 Å². The molecule has 0 saturated carbocycles. The molecule has 0 atom stereocenters. The van der Waals surface area contributed by atoms with Gasteiger partial charge in [-0.2, -0.15) is 4.31 Å². The van der Waals surface area contributed by atoms with E-state index in [2.05, 4.69) is 15.5 Å². The number of fused-ring (bicyclic) bond motifs is 1. The van der Waals surface area contributed by atoms with Crippen LogP contribution in [0.3, 0.4) is 0 Å². The van der Waals surface area contributed by atoms with Gasteiger partial charge in [0.1, 0.15) is 6.33 Å². The van der Waals surface area contributed by atoms with Crippen molar-refractivity contribution in [1.29, 1.82) is 0 Å². The van der Waals surface area contributed by atoms with Crippen LogP contribution in [0.25, 0.3) is 5.69 Å². The molecular formula is C15H15N5O2S2. The molecular weight excluding hydrogens is 346 g/mol. The van der Waals surface area contributed by atoms with Crippen molar-refractivity contribution < 1.29 is 8.42 Å². The number of rotatable bonds is 3. The highest BCUT2D eigenvalue weighted by atomic mass is 32.2. The summed E-state index contributed by atoms with van der Waals surface area (Å²) in [6.07, 6.45) is 2.26. The summed E-state index contributed by atoms with van der Waals surface area (Å²) >= 11 is 1.69. The maximum Gasteiger partial charge on any atom is 0.243 e. The lowest BCUT2D eigenvalue weighted by Gasteiger charge is -2.26. The van der Waals surface area contributed by atoms with E-state index in [0.717, 1.165) is 23.2 Å². The number of aromatic nitrogens is 4. The first-order valence-electron chi connectivity index (χ1n) is 7.45. The van der Waals surface area contributed by atoms with Gasteiger partial charge in [-0.1, -0.05) is 0 Å². The lowest BCUT2D eigenvalue weighted by molar-refractivity contribution is 0.394. The molecule has 0 N–H and O–H groups in total. The molecule has 0 unspecified atom stereocenters. The van der Waals surface area contributed by atoms with Crippen LogP contribution in [0.1, 0.15) is 16.0 Å². The van der Waals surface area contributed by atoms with E-state index in [9.17, 15) is 8.42 Å². The topological polar surface area (TPSA) is 81.0 Å². The summed E-state index contributed by atoms with van der Waals surface area (Å²) in [5.41, 5.74) is 2.67. The summed E-state index contributed by atoms with van der Waals surface area (Å²) in [7, 11) is -3.51. The predicted octanol–water partition coefficient (Wildman–Crippen LogP) is 1.78. The van der Waals surface area contributed by atoms with Crippen molar-refractivity contribution in [3.63, 3.8) is 0 Å². The SMILES string of the molecule is Cc1cc(S(=O)(=O)N2CCc3sccc3C2)ccc1-n1cnnn1. The molecule has 3 heterocycles. The van der Waals surface area contributed by atoms with Crippen molar-refractivity contribution >= 4 is 21.4 Å². The fourth-order valence-electron chi connectivity index (χ4n) is 2.89. The third kappa shape index (κ3) is 2.54. The van der Waals surface area contributed by atoms with Crippen LogP contribution >= 0.6 is 11.3 Å². The summed E-state index contributed by atoms with van der Waals surface area (Å²) < 4.78 is 29.0. The first-order chi connectivity index (χ1) is 11.6. The van der Waals surface area contributed by atoms with Crippen LogP contribution in [0.4, 0.5) is 0 Å². The summed E-state index contributed by atoms with van der Waals surface area (Å²) in [6, 6.07) is 7.03. The number of hydrogen-bond donors (Lipinski definition) is 0. The average Bonchev–Trinajstić information content (AvgIpc) is 3.25. The second-order valence-corrected chi connectivity index (χ2v) is 8.60. The van der Waals surface area contributed by atoms with Gasteiger partial charge in [0.25, 0.3) is 0 Å². The first kappa shape index (κ1) is 15.4. The lowest BCUT2D eigenvalue weighted by atomic mass is 10.1. The lowest BCUT2D eigenvalue weighted by Crippen LogP contribution is -2.35. The van der Waals surface area contributed by atoms with Gasteiger partial charge < -0.3 is 0 Å². The van der Waals surface area contributed by atoms with E-state index >= 15 is 0 Å². The van der Waals surface area contributed by atoms with Crippen molar-refractivity contribution in [2.24, 2.45) is 0 Å². The largest absolute Gasteiger partial charge is 0.243 e. The third-order valence-electron chi connectivity index (χ3n) is 4.17. The molecule has 1 aliphatic heterocycles. The second-order valence-electron chi connectivity index (χ2n) is 5.66. The van der Waals surface area contributed by atoms with Gasteiger partial charge in [-0.25, -0.2) is 13.1 Å².